The fraction of sp³-hybridized carbons (Fsp3) is 0. The van der Waals surface area contributed by atoms with Crippen LogP contribution in [0.15, 0.2) is 97.3 Å². The lowest BCUT2D eigenvalue weighted by atomic mass is 10.1. The zero-order chi connectivity index (χ0) is 18.9. The van der Waals surface area contributed by atoms with Crippen LogP contribution in [-0.2, 0) is 0 Å². The lowest BCUT2D eigenvalue weighted by Gasteiger charge is -1.99. The number of halogens is 1. The Labute approximate surface area is 170 Å². The van der Waals surface area contributed by atoms with Gasteiger partial charge < -0.3 is 23.6 Å². The highest BCUT2D eigenvalue weighted by Gasteiger charge is 2.03. The van der Waals surface area contributed by atoms with Crippen molar-refractivity contribution in [2.75, 3.05) is 11.2 Å². The molecular weight excluding hydrogens is 370 g/mol. The average molecular weight is 392 g/mol. The Morgan fingerprint density at radius 2 is 1.39 bits per heavy atom. The Kier molecular flexibility index (Phi) is 7.96. The molecule has 2 aromatic carbocycles. The number of pyridine rings is 2. The van der Waals surface area contributed by atoms with Crippen LogP contribution >= 0.6 is 0 Å². The number of hydrazine groups is 1. The topological polar surface area (TPSA) is 91.1 Å². The highest BCUT2D eigenvalue weighted by atomic mass is 35.5. The lowest BCUT2D eigenvalue weighted by Crippen LogP contribution is -3.00. The first-order chi connectivity index (χ1) is 13.3. The van der Waals surface area contributed by atoms with Crippen molar-refractivity contribution < 1.29 is 17.4 Å². The van der Waals surface area contributed by atoms with Crippen molar-refractivity contribution >= 4 is 11.4 Å². The summed E-state index contributed by atoms with van der Waals surface area (Å²) >= 11 is 0. The SMILES string of the molecule is NNc1ccc(-c2ccccc2)[nH+]c1.Nc1ccc(-c2ccccc2)nc1.[Cl-]. The second kappa shape index (κ2) is 10.7. The summed E-state index contributed by atoms with van der Waals surface area (Å²) in [4.78, 5) is 7.39. The summed E-state index contributed by atoms with van der Waals surface area (Å²) in [5.41, 5.74) is 14.0. The number of aromatic amines is 1. The quantitative estimate of drug-likeness (QED) is 0.355. The van der Waals surface area contributed by atoms with Gasteiger partial charge in [0.25, 0.3) is 0 Å². The predicted octanol–water partition coefficient (Wildman–Crippen LogP) is 0.788. The lowest BCUT2D eigenvalue weighted by molar-refractivity contribution is -0.363. The van der Waals surface area contributed by atoms with Gasteiger partial charge in [-0.1, -0.05) is 48.5 Å². The van der Waals surface area contributed by atoms with E-state index in [0.717, 1.165) is 28.2 Å². The second-order valence-corrected chi connectivity index (χ2v) is 5.84. The Hall–Kier alpha value is -3.41. The van der Waals surface area contributed by atoms with Crippen LogP contribution in [0.25, 0.3) is 22.5 Å². The molecule has 0 atom stereocenters. The van der Waals surface area contributed by atoms with Crippen molar-refractivity contribution in [3.8, 4) is 22.5 Å². The third-order valence-electron chi connectivity index (χ3n) is 3.92. The smallest absolute Gasteiger partial charge is 0.210 e. The summed E-state index contributed by atoms with van der Waals surface area (Å²) in [5.74, 6) is 5.27. The minimum absolute atomic E-state index is 0. The molecule has 0 bridgehead atoms. The van der Waals surface area contributed by atoms with E-state index in [2.05, 4.69) is 27.5 Å². The normalized spacial score (nSPS) is 9.46. The van der Waals surface area contributed by atoms with E-state index in [4.69, 9.17) is 11.6 Å². The van der Waals surface area contributed by atoms with Crippen molar-refractivity contribution in [3.63, 3.8) is 0 Å². The molecule has 4 aromatic rings. The average Bonchev–Trinajstić information content (AvgIpc) is 2.76. The van der Waals surface area contributed by atoms with Gasteiger partial charge in [-0.2, -0.15) is 0 Å². The van der Waals surface area contributed by atoms with Crippen LogP contribution in [0.3, 0.4) is 0 Å². The molecule has 142 valence electrons. The van der Waals surface area contributed by atoms with E-state index in [1.54, 1.807) is 6.20 Å². The fourth-order valence-electron chi connectivity index (χ4n) is 2.50. The predicted molar refractivity (Wildman–Crippen MR) is 110 cm³/mol. The Morgan fingerprint density at radius 3 is 1.89 bits per heavy atom. The van der Waals surface area contributed by atoms with Crippen molar-refractivity contribution in [1.82, 2.24) is 4.98 Å². The number of nitrogens with one attached hydrogen (secondary N) is 2. The first-order valence-corrected chi connectivity index (χ1v) is 8.57. The number of nitrogen functional groups attached to an aromatic ring is 2. The Morgan fingerprint density at radius 1 is 0.750 bits per heavy atom. The molecule has 0 fully saturated rings. The molecule has 0 aliphatic carbocycles. The monoisotopic (exact) mass is 391 g/mol. The molecular formula is C22H22ClN5. The molecule has 0 saturated carbocycles. The van der Waals surface area contributed by atoms with Gasteiger partial charge in [0.15, 0.2) is 6.20 Å². The summed E-state index contributed by atoms with van der Waals surface area (Å²) < 4.78 is 0. The van der Waals surface area contributed by atoms with E-state index < -0.39 is 0 Å². The van der Waals surface area contributed by atoms with Gasteiger partial charge in [-0.3, -0.25) is 10.8 Å². The van der Waals surface area contributed by atoms with Gasteiger partial charge in [-0.05, 0) is 30.3 Å². The highest BCUT2D eigenvalue weighted by Crippen LogP contribution is 2.16. The number of aromatic nitrogens is 2. The van der Waals surface area contributed by atoms with Gasteiger partial charge in [0, 0.05) is 17.2 Å². The molecule has 0 radical (unpaired) electrons. The molecule has 6 heteroatoms. The Balaban J connectivity index is 0.000000194. The number of nitrogens with two attached hydrogens (primary N) is 2. The van der Waals surface area contributed by atoms with E-state index >= 15 is 0 Å². The summed E-state index contributed by atoms with van der Waals surface area (Å²) in [7, 11) is 0. The van der Waals surface area contributed by atoms with Gasteiger partial charge in [0.05, 0.1) is 17.6 Å². The zero-order valence-electron chi connectivity index (χ0n) is 15.2. The van der Waals surface area contributed by atoms with Crippen LogP contribution in [-0.4, -0.2) is 4.98 Å². The van der Waals surface area contributed by atoms with E-state index in [9.17, 15) is 0 Å². The molecule has 0 amide bonds. The molecule has 4 rings (SSSR count). The molecule has 28 heavy (non-hydrogen) atoms. The van der Waals surface area contributed by atoms with E-state index in [-0.39, 0.29) is 12.4 Å². The Bertz CT molecular complexity index is 944. The summed E-state index contributed by atoms with van der Waals surface area (Å²) in [6, 6.07) is 27.9. The van der Waals surface area contributed by atoms with Gasteiger partial charge in [0.2, 0.25) is 5.69 Å². The number of H-pyrrole nitrogens is 1. The number of rotatable bonds is 3. The molecule has 0 aliphatic rings. The number of benzene rings is 2. The number of nitrogens with zero attached hydrogens (tertiary/aromatic N) is 1. The zero-order valence-corrected chi connectivity index (χ0v) is 16.0. The maximum absolute atomic E-state index is 5.54. The van der Waals surface area contributed by atoms with E-state index in [1.807, 2.05) is 79.0 Å². The third kappa shape index (κ3) is 5.81. The molecule has 0 aliphatic heterocycles. The fourth-order valence-corrected chi connectivity index (χ4v) is 2.50. The highest BCUT2D eigenvalue weighted by molar-refractivity contribution is 5.60. The van der Waals surface area contributed by atoms with Crippen LogP contribution < -0.4 is 34.4 Å². The van der Waals surface area contributed by atoms with Crippen molar-refractivity contribution in [3.05, 3.63) is 97.3 Å². The molecule has 0 unspecified atom stereocenters. The number of hydrogen-bond donors (Lipinski definition) is 3. The first-order valence-electron chi connectivity index (χ1n) is 8.57. The first kappa shape index (κ1) is 20.9. The maximum Gasteiger partial charge on any atom is 0.210 e. The molecule has 0 spiro atoms. The number of anilines is 2. The molecule has 5 nitrogen and oxygen atoms in total. The maximum atomic E-state index is 5.54. The largest absolute Gasteiger partial charge is 1.00 e. The van der Waals surface area contributed by atoms with Crippen molar-refractivity contribution in [2.45, 2.75) is 0 Å². The molecule has 2 aromatic heterocycles. The number of hydrogen-bond acceptors (Lipinski definition) is 4. The van der Waals surface area contributed by atoms with Crippen LogP contribution in [0.2, 0.25) is 0 Å². The van der Waals surface area contributed by atoms with Crippen LogP contribution in [0, 0.1) is 0 Å². The van der Waals surface area contributed by atoms with Crippen LogP contribution in [0.1, 0.15) is 0 Å². The van der Waals surface area contributed by atoms with Crippen molar-refractivity contribution in [2.24, 2.45) is 5.84 Å². The molecule has 2 heterocycles. The third-order valence-corrected chi connectivity index (χ3v) is 3.92. The summed E-state index contributed by atoms with van der Waals surface area (Å²) in [6.45, 7) is 0. The second-order valence-electron chi connectivity index (χ2n) is 5.84. The summed E-state index contributed by atoms with van der Waals surface area (Å²) in [5, 5.41) is 0. The van der Waals surface area contributed by atoms with Crippen LogP contribution in [0.4, 0.5) is 11.4 Å². The molecule has 0 saturated heterocycles. The van der Waals surface area contributed by atoms with Gasteiger partial charge in [0.1, 0.15) is 5.69 Å². The van der Waals surface area contributed by atoms with Gasteiger partial charge in [-0.15, -0.1) is 0 Å². The molecule has 6 N–H and O–H groups in total. The van der Waals surface area contributed by atoms with Crippen LogP contribution in [0.5, 0.6) is 0 Å². The van der Waals surface area contributed by atoms with E-state index in [1.165, 1.54) is 0 Å². The minimum Gasteiger partial charge on any atom is -1.00 e. The minimum atomic E-state index is 0. The summed E-state index contributed by atoms with van der Waals surface area (Å²) in [6.07, 6.45) is 3.50. The van der Waals surface area contributed by atoms with Gasteiger partial charge in [-0.25, -0.2) is 4.98 Å². The standard InChI is InChI=1S/C11H11N3.C11H10N2.ClH/c12-14-10-6-7-11(13-8-10)9-4-2-1-3-5-9;12-10-6-7-11(13-8-10)9-4-2-1-3-5-9;/h1-8,14H,12H2;1-8H,12H2;1H. The van der Waals surface area contributed by atoms with Crippen molar-refractivity contribution in [1.29, 1.82) is 0 Å². The van der Waals surface area contributed by atoms with E-state index in [0.29, 0.717) is 5.69 Å². The van der Waals surface area contributed by atoms with Gasteiger partial charge >= 0.3 is 0 Å².